The number of nitrogens with zero attached hydrogens (tertiary/aromatic N) is 2. The Kier molecular flexibility index (Phi) is 8.80. The largest absolute Gasteiger partial charge is 0.480 e. The Balaban J connectivity index is 1.19. The van der Waals surface area contributed by atoms with E-state index in [1.165, 1.54) is 36.8 Å². The van der Waals surface area contributed by atoms with Crippen molar-refractivity contribution in [2.45, 2.75) is 124 Å². The molecule has 1 aliphatic heterocycles. The van der Waals surface area contributed by atoms with E-state index < -0.39 is 18.0 Å². The Bertz CT molecular complexity index is 1650. The summed E-state index contributed by atoms with van der Waals surface area (Å²) in [4.78, 5) is 41.3. The average Bonchev–Trinajstić information content (AvgIpc) is 3.72. The molecule has 0 bridgehead atoms. The summed E-state index contributed by atoms with van der Waals surface area (Å²) in [5.74, 6) is 0.763. The van der Waals surface area contributed by atoms with E-state index in [4.69, 9.17) is 0 Å². The van der Waals surface area contributed by atoms with Gasteiger partial charge in [-0.05, 0) is 159 Å². The molecule has 7 nitrogen and oxygen atoms in total. The van der Waals surface area contributed by atoms with Crippen molar-refractivity contribution in [3.8, 4) is 0 Å². The van der Waals surface area contributed by atoms with E-state index in [2.05, 4.69) is 66.1 Å². The third-order valence-electron chi connectivity index (χ3n) is 17.0. The highest BCUT2D eigenvalue weighted by molar-refractivity contribution is 5.88. The van der Waals surface area contributed by atoms with E-state index in [1.54, 1.807) is 17.0 Å². The number of allylic oxidation sites excluding steroid dienone is 3. The molecule has 0 aromatic heterocycles. The molecule has 7 rings (SSSR count). The fourth-order valence-electron chi connectivity index (χ4n) is 14.4. The lowest BCUT2D eigenvalue weighted by Gasteiger charge is -2.73. The summed E-state index contributed by atoms with van der Waals surface area (Å²) in [5.41, 5.74) is 4.56. The van der Waals surface area contributed by atoms with Crippen LogP contribution in [0, 0.1) is 51.2 Å². The summed E-state index contributed by atoms with van der Waals surface area (Å²) >= 11 is 0. The monoisotopic (exact) mass is 698 g/mol. The molecule has 0 radical (unpaired) electrons. The van der Waals surface area contributed by atoms with Crippen molar-refractivity contribution in [3.05, 3.63) is 53.6 Å². The van der Waals surface area contributed by atoms with Crippen molar-refractivity contribution < 1.29 is 24.6 Å². The van der Waals surface area contributed by atoms with E-state index >= 15 is 0 Å². The standard InChI is InChI=1S/C44H62N2O5/c1-27(2)30-17-22-44(45(8)26-36(47)46-25-9-10-33(46)39(50)51)24-23-42(6)32(37(30)44)15-16-35-41(5)20-18-31(28-11-13-29(14-12-28)38(48)49)40(3,4)34(41)19-21-43(35,42)7/h11-14,18,30,32-35,37H,1,9-10,15-17,19-26H2,2-8H3,(H,48,49)(H,50,51)/t30-,32+,33+,34-,35+,37+,41-,42+,43+,44-/m0/s1. The quantitative estimate of drug-likeness (QED) is 0.276. The van der Waals surface area contributed by atoms with Gasteiger partial charge >= 0.3 is 11.9 Å². The first kappa shape index (κ1) is 36.4. The number of amides is 1. The van der Waals surface area contributed by atoms with Crippen molar-refractivity contribution >= 4 is 23.4 Å². The second kappa shape index (κ2) is 12.3. The number of aromatic carboxylic acids is 1. The number of hydrogen-bond acceptors (Lipinski definition) is 4. The van der Waals surface area contributed by atoms with E-state index in [0.717, 1.165) is 44.1 Å². The molecule has 1 aromatic rings. The van der Waals surface area contributed by atoms with Crippen molar-refractivity contribution in [1.29, 1.82) is 0 Å². The number of benzene rings is 1. The first-order valence-corrected chi connectivity index (χ1v) is 19.9. The zero-order valence-electron chi connectivity index (χ0n) is 32.3. The lowest BCUT2D eigenvalue weighted by molar-refractivity contribution is -0.226. The summed E-state index contributed by atoms with van der Waals surface area (Å²) in [6.07, 6.45) is 14.1. The van der Waals surface area contributed by atoms with Crippen LogP contribution in [0.2, 0.25) is 0 Å². The first-order chi connectivity index (χ1) is 23.9. The van der Waals surface area contributed by atoms with Crippen molar-refractivity contribution in [3.63, 3.8) is 0 Å². The summed E-state index contributed by atoms with van der Waals surface area (Å²) in [6.45, 7) is 20.4. The highest BCUT2D eigenvalue weighted by Gasteiger charge is 2.71. The van der Waals surface area contributed by atoms with Gasteiger partial charge in [-0.1, -0.05) is 65.0 Å². The molecule has 5 fully saturated rings. The topological polar surface area (TPSA) is 98.2 Å². The van der Waals surface area contributed by atoms with Gasteiger partial charge < -0.3 is 15.1 Å². The predicted octanol–water partition coefficient (Wildman–Crippen LogP) is 8.80. The van der Waals surface area contributed by atoms with Gasteiger partial charge in [-0.2, -0.15) is 0 Å². The molecule has 10 atom stereocenters. The summed E-state index contributed by atoms with van der Waals surface area (Å²) in [7, 11) is 2.16. The molecule has 7 heteroatoms. The van der Waals surface area contributed by atoms with Crippen LogP contribution in [0.5, 0.6) is 0 Å². The second-order valence-electron chi connectivity index (χ2n) is 19.2. The van der Waals surface area contributed by atoms with Gasteiger partial charge in [0.15, 0.2) is 0 Å². The smallest absolute Gasteiger partial charge is 0.335 e. The average molecular weight is 699 g/mol. The lowest BCUT2D eigenvalue weighted by Crippen LogP contribution is -2.68. The highest BCUT2D eigenvalue weighted by atomic mass is 16.4. The zero-order chi connectivity index (χ0) is 36.9. The number of hydrogen-bond donors (Lipinski definition) is 2. The first-order valence-electron chi connectivity index (χ1n) is 19.9. The number of fused-ring (bicyclic) bond motifs is 7. The van der Waals surface area contributed by atoms with E-state index in [1.807, 2.05) is 12.1 Å². The van der Waals surface area contributed by atoms with Gasteiger partial charge in [-0.25, -0.2) is 9.59 Å². The minimum absolute atomic E-state index is 0.0285. The van der Waals surface area contributed by atoms with Gasteiger partial charge in [0.05, 0.1) is 12.1 Å². The molecule has 1 amide bonds. The van der Waals surface area contributed by atoms with Crippen LogP contribution >= 0.6 is 0 Å². The fraction of sp³-hybridized carbons (Fsp3) is 0.705. The highest BCUT2D eigenvalue weighted by Crippen LogP contribution is 2.77. The molecule has 2 N–H and O–H groups in total. The van der Waals surface area contributed by atoms with Crippen LogP contribution < -0.4 is 0 Å². The molecule has 0 unspecified atom stereocenters. The summed E-state index contributed by atoms with van der Waals surface area (Å²) in [6, 6.07) is 6.82. The molecule has 5 aliphatic carbocycles. The number of carbonyl (C=O) groups excluding carboxylic acids is 1. The van der Waals surface area contributed by atoms with E-state index in [9.17, 15) is 24.6 Å². The van der Waals surface area contributed by atoms with E-state index in [-0.39, 0.29) is 39.7 Å². The van der Waals surface area contributed by atoms with Crippen LogP contribution in [-0.4, -0.2) is 69.6 Å². The number of carboxylic acids is 2. The van der Waals surface area contributed by atoms with Crippen LogP contribution in [0.4, 0.5) is 0 Å². The maximum absolute atomic E-state index is 13.8. The van der Waals surface area contributed by atoms with Crippen LogP contribution in [-0.2, 0) is 9.59 Å². The van der Waals surface area contributed by atoms with E-state index in [0.29, 0.717) is 48.1 Å². The third kappa shape index (κ3) is 5.16. The number of carboxylic acid groups (broad SMARTS) is 2. The van der Waals surface area contributed by atoms with Gasteiger partial charge in [0, 0.05) is 12.1 Å². The molecule has 0 spiro atoms. The van der Waals surface area contributed by atoms with Crippen LogP contribution in [0.25, 0.3) is 5.57 Å². The predicted molar refractivity (Wildman–Crippen MR) is 201 cm³/mol. The van der Waals surface area contributed by atoms with Gasteiger partial charge in [0.2, 0.25) is 5.91 Å². The molecular formula is C44H62N2O5. The lowest BCUT2D eigenvalue weighted by atomic mass is 9.33. The molecule has 1 saturated heterocycles. The number of carbonyl (C=O) groups is 3. The molecule has 51 heavy (non-hydrogen) atoms. The number of likely N-dealkylation sites (N-methyl/N-ethyl adjacent to an activating group) is 1. The maximum atomic E-state index is 13.8. The fourth-order valence-corrected chi connectivity index (χ4v) is 14.4. The third-order valence-corrected chi connectivity index (χ3v) is 17.0. The molecule has 278 valence electrons. The van der Waals surface area contributed by atoms with Crippen molar-refractivity contribution in [1.82, 2.24) is 9.80 Å². The number of rotatable bonds is 7. The molecule has 1 aromatic carbocycles. The maximum Gasteiger partial charge on any atom is 0.335 e. The normalized spacial score (nSPS) is 41.2. The van der Waals surface area contributed by atoms with Gasteiger partial charge in [0.25, 0.3) is 0 Å². The van der Waals surface area contributed by atoms with Crippen LogP contribution in [0.15, 0.2) is 42.5 Å². The second-order valence-corrected chi connectivity index (χ2v) is 19.2. The Labute approximate surface area is 305 Å². The van der Waals surface area contributed by atoms with Gasteiger partial charge in [0.1, 0.15) is 6.04 Å². The van der Waals surface area contributed by atoms with Crippen molar-refractivity contribution in [2.75, 3.05) is 20.1 Å². The Morgan fingerprint density at radius 1 is 0.882 bits per heavy atom. The number of aliphatic carboxylic acids is 1. The van der Waals surface area contributed by atoms with Crippen molar-refractivity contribution in [2.24, 2.45) is 51.2 Å². The zero-order valence-corrected chi connectivity index (χ0v) is 32.3. The van der Waals surface area contributed by atoms with Gasteiger partial charge in [-0.3, -0.25) is 9.69 Å². The minimum atomic E-state index is -0.884. The minimum Gasteiger partial charge on any atom is -0.480 e. The molecular weight excluding hydrogens is 636 g/mol. The Hall–Kier alpha value is -2.93. The Morgan fingerprint density at radius 3 is 2.24 bits per heavy atom. The molecule has 4 saturated carbocycles. The molecule has 1 heterocycles. The summed E-state index contributed by atoms with van der Waals surface area (Å²) < 4.78 is 0. The summed E-state index contributed by atoms with van der Waals surface area (Å²) in [5, 5.41) is 19.3. The Morgan fingerprint density at radius 2 is 1.59 bits per heavy atom. The SMILES string of the molecule is C=C(C)[C@@H]1CC[C@]2(N(C)CC(=O)N3CCC[C@@H]3C(=O)O)CC[C@]3(C)[C@H](CC[C@@H]4[C@@]5(C)CC=C(c6ccc(C(=O)O)cc6)C(C)(C)[C@@H]5CC[C@]43C)[C@@H]12. The number of likely N-dealkylation sites (tertiary alicyclic amines) is 1. The molecule has 6 aliphatic rings. The van der Waals surface area contributed by atoms with Crippen LogP contribution in [0.1, 0.15) is 128 Å². The van der Waals surface area contributed by atoms with Gasteiger partial charge in [-0.15, -0.1) is 0 Å². The van der Waals surface area contributed by atoms with Crippen LogP contribution in [0.3, 0.4) is 0 Å².